The normalized spacial score (nSPS) is 12.9. The lowest BCUT2D eigenvalue weighted by molar-refractivity contribution is 0.261. The second kappa shape index (κ2) is 3.50. The lowest BCUT2D eigenvalue weighted by Gasteiger charge is -2.10. The number of hydrogen-bond donors (Lipinski definition) is 1. The van der Waals surface area contributed by atoms with Gasteiger partial charge in [-0.1, -0.05) is 6.58 Å². The van der Waals surface area contributed by atoms with Gasteiger partial charge in [0.2, 0.25) is 0 Å². The molecule has 48 valence electrons. The van der Waals surface area contributed by atoms with Crippen molar-refractivity contribution in [1.82, 2.24) is 5.32 Å². The van der Waals surface area contributed by atoms with E-state index in [9.17, 15) is 0 Å². The fraction of sp³-hybridized carbons (Fsp3) is 0.667. The maximum atomic E-state index is 4.85. The number of nitrogens with one attached hydrogen (secondary N) is 1. The Hall–Kier alpha value is -0.500. The number of ether oxygens (including phenoxy) is 1. The number of methoxy groups -OCH3 is 1. The highest BCUT2D eigenvalue weighted by molar-refractivity contribution is 4.92. The number of rotatable bonds is 3. The Labute approximate surface area is 50.5 Å². The van der Waals surface area contributed by atoms with E-state index in [0.29, 0.717) is 0 Å². The monoisotopic (exact) mass is 115 g/mol. The summed E-state index contributed by atoms with van der Waals surface area (Å²) in [5.41, 5.74) is 0. The molecule has 0 fully saturated rings. The predicted molar refractivity (Wildman–Crippen MR) is 34.7 cm³/mol. The van der Waals surface area contributed by atoms with E-state index in [1.54, 1.807) is 7.11 Å². The molecule has 0 unspecified atom stereocenters. The molecule has 0 aromatic rings. The van der Waals surface area contributed by atoms with Crippen LogP contribution >= 0.6 is 0 Å². The van der Waals surface area contributed by atoms with Gasteiger partial charge in [0.1, 0.15) is 5.76 Å². The first-order chi connectivity index (χ1) is 3.72. The summed E-state index contributed by atoms with van der Waals surface area (Å²) >= 11 is 0. The van der Waals surface area contributed by atoms with Gasteiger partial charge in [0.05, 0.1) is 13.2 Å². The summed E-state index contributed by atoms with van der Waals surface area (Å²) in [6.45, 7) is 5.65. The maximum Gasteiger partial charge on any atom is 0.105 e. The van der Waals surface area contributed by atoms with Gasteiger partial charge in [-0.25, -0.2) is 0 Å². The van der Waals surface area contributed by atoms with Crippen LogP contribution in [0.1, 0.15) is 6.92 Å². The summed E-state index contributed by atoms with van der Waals surface area (Å²) in [5.74, 6) is 0.771. The fourth-order valence-corrected chi connectivity index (χ4v) is 0.338. The van der Waals surface area contributed by atoms with Crippen LogP contribution in [-0.4, -0.2) is 20.2 Å². The Balaban J connectivity index is 3.46. The van der Waals surface area contributed by atoms with Crippen LogP contribution in [-0.2, 0) is 4.74 Å². The first-order valence-corrected chi connectivity index (χ1v) is 2.62. The zero-order valence-electron chi connectivity index (χ0n) is 5.69. The molecule has 0 rings (SSSR count). The van der Waals surface area contributed by atoms with E-state index in [-0.39, 0.29) is 6.04 Å². The van der Waals surface area contributed by atoms with Crippen LogP contribution < -0.4 is 5.32 Å². The predicted octanol–water partition coefficient (Wildman–Crippen LogP) is 0.754. The molecule has 8 heavy (non-hydrogen) atoms. The van der Waals surface area contributed by atoms with E-state index in [1.165, 1.54) is 0 Å². The Morgan fingerprint density at radius 2 is 2.25 bits per heavy atom. The van der Waals surface area contributed by atoms with Gasteiger partial charge in [-0.2, -0.15) is 0 Å². The molecule has 0 heterocycles. The smallest absolute Gasteiger partial charge is 0.105 e. The Morgan fingerprint density at radius 3 is 2.38 bits per heavy atom. The van der Waals surface area contributed by atoms with Crippen molar-refractivity contribution in [3.8, 4) is 0 Å². The van der Waals surface area contributed by atoms with Crippen molar-refractivity contribution in [1.29, 1.82) is 0 Å². The Kier molecular flexibility index (Phi) is 3.28. The van der Waals surface area contributed by atoms with E-state index in [0.717, 1.165) is 5.76 Å². The third-order valence-corrected chi connectivity index (χ3v) is 1.18. The highest BCUT2D eigenvalue weighted by Gasteiger charge is 1.99. The van der Waals surface area contributed by atoms with Crippen LogP contribution in [0.15, 0.2) is 12.3 Å². The van der Waals surface area contributed by atoms with Crippen molar-refractivity contribution in [2.75, 3.05) is 14.2 Å². The number of hydrogen-bond acceptors (Lipinski definition) is 2. The minimum atomic E-state index is 0.250. The summed E-state index contributed by atoms with van der Waals surface area (Å²) in [7, 11) is 3.49. The minimum Gasteiger partial charge on any atom is -0.500 e. The third-order valence-electron chi connectivity index (χ3n) is 1.18. The summed E-state index contributed by atoms with van der Waals surface area (Å²) in [4.78, 5) is 0. The summed E-state index contributed by atoms with van der Waals surface area (Å²) in [5, 5.41) is 2.99. The van der Waals surface area contributed by atoms with Crippen molar-refractivity contribution < 1.29 is 4.74 Å². The molecule has 0 spiro atoms. The SMILES string of the molecule is C=C(OC)[C@@H](C)NC. The van der Waals surface area contributed by atoms with Gasteiger partial charge in [-0.3, -0.25) is 0 Å². The molecule has 0 bridgehead atoms. The van der Waals surface area contributed by atoms with Crippen molar-refractivity contribution in [2.45, 2.75) is 13.0 Å². The van der Waals surface area contributed by atoms with E-state index in [2.05, 4.69) is 11.9 Å². The molecule has 0 saturated carbocycles. The molecule has 0 radical (unpaired) electrons. The molecule has 0 aliphatic carbocycles. The lowest BCUT2D eigenvalue weighted by Crippen LogP contribution is -2.23. The molecule has 0 amide bonds. The average molecular weight is 115 g/mol. The van der Waals surface area contributed by atoms with E-state index >= 15 is 0 Å². The first kappa shape index (κ1) is 7.50. The van der Waals surface area contributed by atoms with E-state index in [4.69, 9.17) is 4.74 Å². The first-order valence-electron chi connectivity index (χ1n) is 2.62. The van der Waals surface area contributed by atoms with Crippen LogP contribution in [0.3, 0.4) is 0 Å². The molecule has 0 aromatic carbocycles. The van der Waals surface area contributed by atoms with E-state index < -0.39 is 0 Å². The largest absolute Gasteiger partial charge is 0.500 e. The van der Waals surface area contributed by atoms with Gasteiger partial charge in [-0.15, -0.1) is 0 Å². The Bertz CT molecular complexity index is 80.6. The van der Waals surface area contributed by atoms with Gasteiger partial charge in [0.15, 0.2) is 0 Å². The molecular weight excluding hydrogens is 102 g/mol. The molecule has 1 atom stereocenters. The molecule has 0 aromatic heterocycles. The molecule has 2 nitrogen and oxygen atoms in total. The van der Waals surface area contributed by atoms with Crippen molar-refractivity contribution in [2.24, 2.45) is 0 Å². The van der Waals surface area contributed by atoms with Crippen LogP contribution in [0, 0.1) is 0 Å². The van der Waals surface area contributed by atoms with Crippen LogP contribution in [0.25, 0.3) is 0 Å². The van der Waals surface area contributed by atoms with Crippen molar-refractivity contribution in [3.05, 3.63) is 12.3 Å². The quantitative estimate of drug-likeness (QED) is 0.548. The van der Waals surface area contributed by atoms with Gasteiger partial charge < -0.3 is 10.1 Å². The third kappa shape index (κ3) is 1.98. The van der Waals surface area contributed by atoms with Crippen LogP contribution in [0.5, 0.6) is 0 Å². The molecule has 1 N–H and O–H groups in total. The number of likely N-dealkylation sites (N-methyl/N-ethyl adjacent to an activating group) is 1. The highest BCUT2D eigenvalue weighted by atomic mass is 16.5. The zero-order valence-corrected chi connectivity index (χ0v) is 5.69. The summed E-state index contributed by atoms with van der Waals surface area (Å²) in [6, 6.07) is 0.250. The van der Waals surface area contributed by atoms with E-state index in [1.807, 2.05) is 14.0 Å². The Morgan fingerprint density at radius 1 is 1.75 bits per heavy atom. The van der Waals surface area contributed by atoms with Crippen LogP contribution in [0.4, 0.5) is 0 Å². The van der Waals surface area contributed by atoms with Gasteiger partial charge >= 0.3 is 0 Å². The second-order valence-electron chi connectivity index (χ2n) is 1.68. The molecule has 2 heteroatoms. The van der Waals surface area contributed by atoms with Crippen molar-refractivity contribution >= 4 is 0 Å². The standard InChI is InChI=1S/C6H13NO/c1-5(7-3)6(2)8-4/h5,7H,2H2,1,3-4H3/t5-/m1/s1. The molecular formula is C6H13NO. The fourth-order valence-electron chi connectivity index (χ4n) is 0.338. The molecule has 0 aliphatic heterocycles. The highest BCUT2D eigenvalue weighted by Crippen LogP contribution is 1.95. The molecule has 0 saturated heterocycles. The van der Waals surface area contributed by atoms with Crippen LogP contribution in [0.2, 0.25) is 0 Å². The topological polar surface area (TPSA) is 21.3 Å². The van der Waals surface area contributed by atoms with Gasteiger partial charge in [0, 0.05) is 0 Å². The summed E-state index contributed by atoms with van der Waals surface area (Å²) in [6.07, 6.45) is 0. The minimum absolute atomic E-state index is 0.250. The molecule has 0 aliphatic rings. The lowest BCUT2D eigenvalue weighted by atomic mass is 10.3. The zero-order chi connectivity index (χ0) is 6.57. The maximum absolute atomic E-state index is 4.85. The van der Waals surface area contributed by atoms with Crippen molar-refractivity contribution in [3.63, 3.8) is 0 Å². The van der Waals surface area contributed by atoms with Gasteiger partial charge in [0.25, 0.3) is 0 Å². The second-order valence-corrected chi connectivity index (χ2v) is 1.68. The van der Waals surface area contributed by atoms with Gasteiger partial charge in [-0.05, 0) is 14.0 Å². The summed E-state index contributed by atoms with van der Waals surface area (Å²) < 4.78 is 4.85. The average Bonchev–Trinajstić information content (AvgIpc) is 1.84.